The number of aromatic nitrogens is 2. The molecule has 1 heterocycles. The summed E-state index contributed by atoms with van der Waals surface area (Å²) in [6.07, 6.45) is -3.12. The molecule has 5 nitrogen and oxygen atoms in total. The Balaban J connectivity index is 2.11. The van der Waals surface area contributed by atoms with Crippen LogP contribution in [-0.4, -0.2) is 22.5 Å². The average molecular weight is 285 g/mol. The second kappa shape index (κ2) is 5.24. The largest absolute Gasteiger partial charge is 0.573 e. The number of hydrogen-bond acceptors (Lipinski definition) is 3. The van der Waals surface area contributed by atoms with Crippen molar-refractivity contribution in [2.45, 2.75) is 12.8 Å². The second-order valence-corrected chi connectivity index (χ2v) is 4.00. The van der Waals surface area contributed by atoms with Gasteiger partial charge in [0.25, 0.3) is 5.91 Å². The summed E-state index contributed by atoms with van der Waals surface area (Å²) in [5.41, 5.74) is 6.60. The Bertz CT molecular complexity index is 605. The number of ether oxygens (including phenoxy) is 1. The van der Waals surface area contributed by atoms with Gasteiger partial charge in [-0.25, -0.2) is 0 Å². The van der Waals surface area contributed by atoms with Gasteiger partial charge in [-0.15, -0.1) is 13.2 Å². The van der Waals surface area contributed by atoms with Crippen LogP contribution < -0.4 is 10.5 Å². The highest BCUT2D eigenvalue weighted by Crippen LogP contribution is 2.23. The summed E-state index contributed by atoms with van der Waals surface area (Å²) in [6.45, 7) is 0. The zero-order valence-electron chi connectivity index (χ0n) is 10.1. The van der Waals surface area contributed by atoms with E-state index < -0.39 is 12.3 Å². The number of benzene rings is 1. The minimum atomic E-state index is -4.72. The van der Waals surface area contributed by atoms with E-state index in [1.54, 1.807) is 0 Å². The normalized spacial score (nSPS) is 11.3. The second-order valence-electron chi connectivity index (χ2n) is 4.00. The van der Waals surface area contributed by atoms with E-state index in [0.29, 0.717) is 17.7 Å². The predicted octanol–water partition coefficient (Wildman–Crippen LogP) is 2.00. The number of hydrogen-bond donors (Lipinski definition) is 2. The van der Waals surface area contributed by atoms with Crippen molar-refractivity contribution in [3.63, 3.8) is 0 Å². The van der Waals surface area contributed by atoms with Gasteiger partial charge >= 0.3 is 6.36 Å². The number of H-pyrrole nitrogens is 1. The van der Waals surface area contributed by atoms with Crippen LogP contribution >= 0.6 is 0 Å². The number of nitrogens with zero attached hydrogens (tertiary/aromatic N) is 1. The van der Waals surface area contributed by atoms with Crippen LogP contribution in [0.2, 0.25) is 0 Å². The van der Waals surface area contributed by atoms with Crippen LogP contribution in [0.5, 0.6) is 5.75 Å². The van der Waals surface area contributed by atoms with E-state index in [9.17, 15) is 18.0 Å². The maximum absolute atomic E-state index is 12.0. The maximum Gasteiger partial charge on any atom is 0.573 e. The van der Waals surface area contributed by atoms with Crippen molar-refractivity contribution in [3.8, 4) is 5.75 Å². The average Bonchev–Trinajstić information content (AvgIpc) is 2.78. The number of alkyl halides is 3. The first-order chi connectivity index (χ1) is 9.35. The van der Waals surface area contributed by atoms with Crippen LogP contribution in [0.1, 0.15) is 21.6 Å². The zero-order valence-corrected chi connectivity index (χ0v) is 10.1. The van der Waals surface area contributed by atoms with Crippen LogP contribution in [0.15, 0.2) is 30.5 Å². The molecule has 0 aliphatic rings. The van der Waals surface area contributed by atoms with E-state index >= 15 is 0 Å². The molecule has 1 aromatic heterocycles. The van der Waals surface area contributed by atoms with Crippen LogP contribution in [0, 0.1) is 0 Å². The van der Waals surface area contributed by atoms with Gasteiger partial charge in [0.05, 0.1) is 17.5 Å². The smallest absolute Gasteiger partial charge is 0.406 e. The lowest BCUT2D eigenvalue weighted by Crippen LogP contribution is -2.17. The number of carbonyl (C=O) groups excluding carboxylic acids is 1. The number of primary amides is 1. The Morgan fingerprint density at radius 1 is 1.30 bits per heavy atom. The summed E-state index contributed by atoms with van der Waals surface area (Å²) < 4.78 is 39.8. The molecule has 0 bridgehead atoms. The highest BCUT2D eigenvalue weighted by atomic mass is 19.4. The summed E-state index contributed by atoms with van der Waals surface area (Å²) in [6, 6.07) is 5.33. The SMILES string of the molecule is NC(=O)c1cn[nH]c1Cc1ccc(OC(F)(F)F)cc1. The number of nitrogens with one attached hydrogen (secondary N) is 1. The van der Waals surface area contributed by atoms with E-state index in [1.807, 2.05) is 0 Å². The Labute approximate surface area is 111 Å². The molecule has 0 unspecified atom stereocenters. The quantitative estimate of drug-likeness (QED) is 0.901. The Hall–Kier alpha value is -2.51. The van der Waals surface area contributed by atoms with Crippen molar-refractivity contribution < 1.29 is 22.7 Å². The van der Waals surface area contributed by atoms with Gasteiger partial charge < -0.3 is 10.5 Å². The molecule has 0 radical (unpaired) electrons. The first-order valence-corrected chi connectivity index (χ1v) is 5.52. The summed E-state index contributed by atoms with van der Waals surface area (Å²) in [7, 11) is 0. The maximum atomic E-state index is 12.0. The van der Waals surface area contributed by atoms with E-state index in [4.69, 9.17) is 5.73 Å². The molecule has 0 saturated heterocycles. The van der Waals surface area contributed by atoms with Crippen LogP contribution in [0.4, 0.5) is 13.2 Å². The van der Waals surface area contributed by atoms with E-state index in [1.165, 1.54) is 30.5 Å². The fourth-order valence-corrected chi connectivity index (χ4v) is 1.67. The van der Waals surface area contributed by atoms with Crippen LogP contribution in [0.3, 0.4) is 0 Å². The molecule has 3 N–H and O–H groups in total. The third-order valence-electron chi connectivity index (χ3n) is 2.52. The van der Waals surface area contributed by atoms with E-state index in [2.05, 4.69) is 14.9 Å². The number of amides is 1. The lowest BCUT2D eigenvalue weighted by Gasteiger charge is -2.09. The van der Waals surface area contributed by atoms with Gasteiger partial charge in [0.15, 0.2) is 0 Å². The Morgan fingerprint density at radius 2 is 1.95 bits per heavy atom. The number of nitrogens with two attached hydrogens (primary N) is 1. The molecule has 0 aliphatic heterocycles. The lowest BCUT2D eigenvalue weighted by molar-refractivity contribution is -0.274. The molecule has 8 heteroatoms. The van der Waals surface area contributed by atoms with Crippen LogP contribution in [-0.2, 0) is 6.42 Å². The minimum Gasteiger partial charge on any atom is -0.406 e. The van der Waals surface area contributed by atoms with Crippen LogP contribution in [0.25, 0.3) is 0 Å². The third-order valence-corrected chi connectivity index (χ3v) is 2.52. The zero-order chi connectivity index (χ0) is 14.8. The topological polar surface area (TPSA) is 81.0 Å². The van der Waals surface area contributed by atoms with Crippen molar-refractivity contribution in [2.75, 3.05) is 0 Å². The van der Waals surface area contributed by atoms with E-state index in [0.717, 1.165) is 0 Å². The molecular formula is C12H10F3N3O2. The van der Waals surface area contributed by atoms with Crippen molar-refractivity contribution in [1.82, 2.24) is 10.2 Å². The summed E-state index contributed by atoms with van der Waals surface area (Å²) in [5, 5.41) is 6.33. The van der Waals surface area contributed by atoms with Gasteiger partial charge in [-0.05, 0) is 17.7 Å². The molecular weight excluding hydrogens is 275 g/mol. The Kier molecular flexibility index (Phi) is 3.64. The number of rotatable bonds is 4. The van der Waals surface area contributed by atoms with Gasteiger partial charge in [-0.1, -0.05) is 12.1 Å². The van der Waals surface area contributed by atoms with Gasteiger partial charge in [-0.3, -0.25) is 9.89 Å². The summed E-state index contributed by atoms with van der Waals surface area (Å²) in [5.74, 6) is -0.924. The number of carbonyl (C=O) groups is 1. The number of aromatic amines is 1. The molecule has 0 fully saturated rings. The van der Waals surface area contributed by atoms with Crippen molar-refractivity contribution in [3.05, 3.63) is 47.3 Å². The fraction of sp³-hybridized carbons (Fsp3) is 0.167. The monoisotopic (exact) mass is 285 g/mol. The highest BCUT2D eigenvalue weighted by Gasteiger charge is 2.30. The molecule has 20 heavy (non-hydrogen) atoms. The molecule has 1 amide bonds. The minimum absolute atomic E-state index is 0.251. The predicted molar refractivity (Wildman–Crippen MR) is 63.0 cm³/mol. The van der Waals surface area contributed by atoms with E-state index in [-0.39, 0.29) is 11.3 Å². The summed E-state index contributed by atoms with van der Waals surface area (Å²) in [4.78, 5) is 11.1. The molecule has 0 atom stereocenters. The summed E-state index contributed by atoms with van der Waals surface area (Å²) >= 11 is 0. The van der Waals surface area contributed by atoms with Gasteiger partial charge in [-0.2, -0.15) is 5.10 Å². The Morgan fingerprint density at radius 3 is 2.50 bits per heavy atom. The molecule has 106 valence electrons. The third kappa shape index (κ3) is 3.50. The molecule has 0 saturated carbocycles. The molecule has 2 aromatic rings. The fourth-order valence-electron chi connectivity index (χ4n) is 1.67. The standard InChI is InChI=1S/C12H10F3N3O2/c13-12(14,15)20-8-3-1-7(2-4-8)5-10-9(11(16)19)6-17-18-10/h1-4,6H,5H2,(H2,16,19)(H,17,18). The van der Waals surface area contributed by atoms with Gasteiger partial charge in [0.2, 0.25) is 0 Å². The molecule has 1 aromatic carbocycles. The van der Waals surface area contributed by atoms with Gasteiger partial charge in [0, 0.05) is 6.42 Å². The highest BCUT2D eigenvalue weighted by molar-refractivity contribution is 5.93. The van der Waals surface area contributed by atoms with Crippen molar-refractivity contribution >= 4 is 5.91 Å². The molecule has 2 rings (SSSR count). The first kappa shape index (κ1) is 13.9. The van der Waals surface area contributed by atoms with Crippen molar-refractivity contribution in [1.29, 1.82) is 0 Å². The lowest BCUT2D eigenvalue weighted by atomic mass is 10.1. The molecule has 0 aliphatic carbocycles. The molecule has 0 spiro atoms. The number of halogens is 3. The first-order valence-electron chi connectivity index (χ1n) is 5.52. The van der Waals surface area contributed by atoms with Gasteiger partial charge in [0.1, 0.15) is 5.75 Å². The van der Waals surface area contributed by atoms with Crippen molar-refractivity contribution in [2.24, 2.45) is 5.73 Å².